The zero-order valence-corrected chi connectivity index (χ0v) is 12.6. The van der Waals surface area contributed by atoms with E-state index in [-0.39, 0.29) is 11.8 Å². The lowest BCUT2D eigenvalue weighted by Crippen LogP contribution is -2.33. The average molecular weight is 327 g/mol. The summed E-state index contributed by atoms with van der Waals surface area (Å²) in [5.41, 5.74) is 1.18. The molecule has 2 N–H and O–H groups in total. The summed E-state index contributed by atoms with van der Waals surface area (Å²) in [6.07, 6.45) is 1.77. The highest BCUT2D eigenvalue weighted by Gasteiger charge is 2.21. The summed E-state index contributed by atoms with van der Waals surface area (Å²) in [6.45, 7) is 2.43. The van der Waals surface area contributed by atoms with E-state index in [1.54, 1.807) is 7.11 Å². The van der Waals surface area contributed by atoms with Crippen LogP contribution in [0.3, 0.4) is 0 Å². The third-order valence-electron chi connectivity index (χ3n) is 3.36. The van der Waals surface area contributed by atoms with E-state index in [4.69, 9.17) is 4.74 Å². The van der Waals surface area contributed by atoms with Crippen LogP contribution in [0.25, 0.3) is 0 Å². The van der Waals surface area contributed by atoms with E-state index in [1.165, 1.54) is 5.56 Å². The minimum atomic E-state index is 0.141. The van der Waals surface area contributed by atoms with Gasteiger partial charge in [0.25, 0.3) is 0 Å². The lowest BCUT2D eigenvalue weighted by Gasteiger charge is -2.10. The number of benzene rings is 1. The molecule has 0 radical (unpaired) electrons. The topological polar surface area (TPSA) is 50.4 Å². The summed E-state index contributed by atoms with van der Waals surface area (Å²) >= 11 is 3.46. The van der Waals surface area contributed by atoms with Crippen molar-refractivity contribution in [1.29, 1.82) is 0 Å². The normalized spacial score (nSPS) is 18.3. The first-order chi connectivity index (χ1) is 9.20. The molecule has 1 saturated heterocycles. The maximum Gasteiger partial charge on any atom is 0.224 e. The highest BCUT2D eigenvalue weighted by molar-refractivity contribution is 9.10. The van der Waals surface area contributed by atoms with E-state index in [2.05, 4.69) is 26.6 Å². The maximum atomic E-state index is 11.8. The van der Waals surface area contributed by atoms with Crippen molar-refractivity contribution in [2.24, 2.45) is 5.92 Å². The van der Waals surface area contributed by atoms with Crippen LogP contribution in [0.1, 0.15) is 12.0 Å². The van der Waals surface area contributed by atoms with Gasteiger partial charge in [0.2, 0.25) is 5.91 Å². The van der Waals surface area contributed by atoms with E-state index in [9.17, 15) is 4.79 Å². The van der Waals surface area contributed by atoms with Crippen molar-refractivity contribution in [1.82, 2.24) is 10.6 Å². The fourth-order valence-corrected chi connectivity index (χ4v) is 2.81. The first-order valence-electron chi connectivity index (χ1n) is 6.51. The standard InChI is InChI=1S/C14H19BrN2O2/c1-19-13-3-2-10(8-12(13)15)4-7-17-14(18)11-5-6-16-9-11/h2-3,8,11,16H,4-7,9H2,1H3,(H,17,18). The minimum absolute atomic E-state index is 0.141. The molecule has 1 aromatic rings. The van der Waals surface area contributed by atoms with Gasteiger partial charge in [0, 0.05) is 13.1 Å². The van der Waals surface area contributed by atoms with E-state index in [1.807, 2.05) is 18.2 Å². The average Bonchev–Trinajstić information content (AvgIpc) is 2.93. The lowest BCUT2D eigenvalue weighted by molar-refractivity contribution is -0.124. The van der Waals surface area contributed by atoms with Crippen molar-refractivity contribution >= 4 is 21.8 Å². The number of hydrogen-bond acceptors (Lipinski definition) is 3. The van der Waals surface area contributed by atoms with Crippen molar-refractivity contribution in [3.05, 3.63) is 28.2 Å². The van der Waals surface area contributed by atoms with Crippen LogP contribution >= 0.6 is 15.9 Å². The van der Waals surface area contributed by atoms with Crippen molar-refractivity contribution in [3.8, 4) is 5.75 Å². The second kappa shape index (κ2) is 6.91. The zero-order chi connectivity index (χ0) is 13.7. The number of hydrogen-bond donors (Lipinski definition) is 2. The maximum absolute atomic E-state index is 11.8. The quantitative estimate of drug-likeness (QED) is 0.866. The van der Waals surface area contributed by atoms with Crippen molar-refractivity contribution < 1.29 is 9.53 Å². The molecule has 1 fully saturated rings. The molecule has 0 aliphatic carbocycles. The molecule has 1 aliphatic heterocycles. The minimum Gasteiger partial charge on any atom is -0.496 e. The Morgan fingerprint density at radius 3 is 3.05 bits per heavy atom. The van der Waals surface area contributed by atoms with Crippen molar-refractivity contribution in [3.63, 3.8) is 0 Å². The van der Waals surface area contributed by atoms with Crippen LogP contribution in [0.15, 0.2) is 22.7 Å². The van der Waals surface area contributed by atoms with Gasteiger partial charge < -0.3 is 15.4 Å². The number of methoxy groups -OCH3 is 1. The van der Waals surface area contributed by atoms with Crippen LogP contribution in [0.5, 0.6) is 5.75 Å². The molecule has 0 bridgehead atoms. The van der Waals surface area contributed by atoms with Gasteiger partial charge in [-0.2, -0.15) is 0 Å². The van der Waals surface area contributed by atoms with E-state index < -0.39 is 0 Å². The third kappa shape index (κ3) is 3.94. The molecule has 5 heteroatoms. The predicted octanol–water partition coefficient (Wildman–Crippen LogP) is 1.73. The van der Waals surface area contributed by atoms with Gasteiger partial charge in [-0.3, -0.25) is 4.79 Å². The largest absolute Gasteiger partial charge is 0.496 e. The van der Waals surface area contributed by atoms with E-state index in [0.717, 1.165) is 36.2 Å². The number of amides is 1. The summed E-state index contributed by atoms with van der Waals surface area (Å²) in [5.74, 6) is 1.13. The molecule has 0 aromatic heterocycles. The van der Waals surface area contributed by atoms with Gasteiger partial charge in [-0.25, -0.2) is 0 Å². The number of nitrogens with one attached hydrogen (secondary N) is 2. The van der Waals surface area contributed by atoms with E-state index >= 15 is 0 Å². The Morgan fingerprint density at radius 1 is 1.58 bits per heavy atom. The summed E-state index contributed by atoms with van der Waals surface area (Å²) in [6, 6.07) is 5.98. The number of carbonyl (C=O) groups excluding carboxylic acids is 1. The second-order valence-electron chi connectivity index (χ2n) is 4.70. The molecule has 1 amide bonds. The second-order valence-corrected chi connectivity index (χ2v) is 5.55. The van der Waals surface area contributed by atoms with Crippen LogP contribution in [-0.2, 0) is 11.2 Å². The fraction of sp³-hybridized carbons (Fsp3) is 0.500. The van der Waals surface area contributed by atoms with Gasteiger partial charge in [-0.05, 0) is 53.0 Å². The Labute approximate surface area is 122 Å². The highest BCUT2D eigenvalue weighted by Crippen LogP contribution is 2.25. The molecule has 104 valence electrons. The lowest BCUT2D eigenvalue weighted by atomic mass is 10.1. The molecule has 1 aromatic carbocycles. The summed E-state index contributed by atoms with van der Waals surface area (Å²) < 4.78 is 6.13. The molecule has 19 heavy (non-hydrogen) atoms. The SMILES string of the molecule is COc1ccc(CCNC(=O)C2CCNC2)cc1Br. The number of carbonyl (C=O) groups is 1. The Balaban J connectivity index is 1.79. The molecule has 2 rings (SSSR count). The molecular weight excluding hydrogens is 308 g/mol. The monoisotopic (exact) mass is 326 g/mol. The third-order valence-corrected chi connectivity index (χ3v) is 3.98. The zero-order valence-electron chi connectivity index (χ0n) is 11.0. The molecule has 1 heterocycles. The van der Waals surface area contributed by atoms with Gasteiger partial charge >= 0.3 is 0 Å². The number of halogens is 1. The van der Waals surface area contributed by atoms with Crippen LogP contribution in [-0.4, -0.2) is 32.7 Å². The Morgan fingerprint density at radius 2 is 2.42 bits per heavy atom. The molecular formula is C14H19BrN2O2. The molecule has 1 aliphatic rings. The van der Waals surface area contributed by atoms with Crippen molar-refractivity contribution in [2.45, 2.75) is 12.8 Å². The van der Waals surface area contributed by atoms with E-state index in [0.29, 0.717) is 6.54 Å². The first kappa shape index (κ1) is 14.3. The molecule has 1 unspecified atom stereocenters. The van der Waals surface area contributed by atoms with Crippen LogP contribution < -0.4 is 15.4 Å². The van der Waals surface area contributed by atoms with Crippen LogP contribution in [0, 0.1) is 5.92 Å². The van der Waals surface area contributed by atoms with Gasteiger partial charge in [0.05, 0.1) is 17.5 Å². The van der Waals surface area contributed by atoms with Gasteiger partial charge in [0.1, 0.15) is 5.75 Å². The fourth-order valence-electron chi connectivity index (χ4n) is 2.22. The van der Waals surface area contributed by atoms with Gasteiger partial charge in [0.15, 0.2) is 0 Å². The summed E-state index contributed by atoms with van der Waals surface area (Å²) in [5, 5.41) is 6.20. The first-order valence-corrected chi connectivity index (χ1v) is 7.31. The van der Waals surface area contributed by atoms with Crippen LogP contribution in [0.2, 0.25) is 0 Å². The predicted molar refractivity (Wildman–Crippen MR) is 78.4 cm³/mol. The molecule has 0 saturated carbocycles. The van der Waals surface area contributed by atoms with Crippen LogP contribution in [0.4, 0.5) is 0 Å². The summed E-state index contributed by atoms with van der Waals surface area (Å²) in [7, 11) is 1.65. The Bertz CT molecular complexity index is 445. The van der Waals surface area contributed by atoms with Crippen molar-refractivity contribution in [2.75, 3.05) is 26.7 Å². The van der Waals surface area contributed by atoms with Gasteiger partial charge in [-0.15, -0.1) is 0 Å². The number of ether oxygens (including phenoxy) is 1. The Kier molecular flexibility index (Phi) is 5.22. The smallest absolute Gasteiger partial charge is 0.224 e. The molecule has 0 spiro atoms. The molecule has 1 atom stereocenters. The number of rotatable bonds is 5. The highest BCUT2D eigenvalue weighted by atomic mass is 79.9. The Hall–Kier alpha value is -1.07. The molecule has 4 nitrogen and oxygen atoms in total. The van der Waals surface area contributed by atoms with Gasteiger partial charge in [-0.1, -0.05) is 6.07 Å². The summed E-state index contributed by atoms with van der Waals surface area (Å²) in [4.78, 5) is 11.8.